The summed E-state index contributed by atoms with van der Waals surface area (Å²) >= 11 is 0. The summed E-state index contributed by atoms with van der Waals surface area (Å²) in [5.41, 5.74) is 10.4. The molecule has 1 aromatic heterocycles. The van der Waals surface area contributed by atoms with Crippen molar-refractivity contribution < 1.29 is 9.53 Å². The van der Waals surface area contributed by atoms with Gasteiger partial charge in [0.15, 0.2) is 5.69 Å². The molecule has 28 heavy (non-hydrogen) atoms. The number of fused-ring (bicyclic) bond motifs is 1. The summed E-state index contributed by atoms with van der Waals surface area (Å²) in [6.45, 7) is 2.66. The van der Waals surface area contributed by atoms with Crippen molar-refractivity contribution in [3.63, 3.8) is 0 Å². The summed E-state index contributed by atoms with van der Waals surface area (Å²) in [5.74, 6) is 0.0542. The van der Waals surface area contributed by atoms with Crippen LogP contribution in [0.4, 0.5) is 5.69 Å². The van der Waals surface area contributed by atoms with Gasteiger partial charge < -0.3 is 15.8 Å². The van der Waals surface area contributed by atoms with E-state index in [1.165, 1.54) is 12.8 Å². The van der Waals surface area contributed by atoms with Gasteiger partial charge in [-0.25, -0.2) is 0 Å². The predicted molar refractivity (Wildman–Crippen MR) is 110 cm³/mol. The second-order valence-electron chi connectivity index (χ2n) is 7.38. The average Bonchev–Trinajstić information content (AvgIpc) is 3.53. The molecule has 0 saturated heterocycles. The summed E-state index contributed by atoms with van der Waals surface area (Å²) in [5, 5.41) is 12.7. The minimum Gasteiger partial charge on any atom is -0.380 e. The number of amides is 1. The largest absolute Gasteiger partial charge is 0.380 e. The van der Waals surface area contributed by atoms with Crippen molar-refractivity contribution in [2.45, 2.75) is 32.4 Å². The van der Waals surface area contributed by atoms with Crippen LogP contribution < -0.4 is 11.1 Å². The van der Waals surface area contributed by atoms with Gasteiger partial charge in [-0.3, -0.25) is 4.79 Å². The lowest BCUT2D eigenvalue weighted by molar-refractivity contribution is 0.0995. The smallest absolute Gasteiger partial charge is 0.271 e. The fourth-order valence-corrected chi connectivity index (χ4v) is 3.62. The van der Waals surface area contributed by atoms with Gasteiger partial charge in [0.05, 0.1) is 17.8 Å². The number of aromatic nitrogens is 2. The quantitative estimate of drug-likeness (QED) is 0.655. The zero-order chi connectivity index (χ0) is 19.7. The molecular weight excluding hydrogens is 352 g/mol. The van der Waals surface area contributed by atoms with Gasteiger partial charge in [0.25, 0.3) is 5.91 Å². The van der Waals surface area contributed by atoms with Gasteiger partial charge in [-0.1, -0.05) is 30.3 Å². The number of methoxy groups -OCH3 is 1. The number of carbonyl (C=O) groups excluding carboxylic acids is 1. The molecule has 144 valence electrons. The van der Waals surface area contributed by atoms with E-state index in [0.29, 0.717) is 18.2 Å². The number of benzene rings is 2. The molecule has 1 aliphatic rings. The van der Waals surface area contributed by atoms with E-state index in [9.17, 15) is 4.79 Å². The molecule has 1 atom stereocenters. The molecule has 4 rings (SSSR count). The number of rotatable bonds is 7. The zero-order valence-electron chi connectivity index (χ0n) is 16.1. The molecular formula is C22H24N4O2. The van der Waals surface area contributed by atoms with Crippen LogP contribution in [0, 0.1) is 5.92 Å². The Bertz CT molecular complexity index is 1030. The van der Waals surface area contributed by atoms with Crippen LogP contribution in [0.3, 0.4) is 0 Å². The second-order valence-corrected chi connectivity index (χ2v) is 7.38. The third-order valence-corrected chi connectivity index (χ3v) is 5.32. The molecule has 2 aromatic carbocycles. The molecule has 1 heterocycles. The van der Waals surface area contributed by atoms with E-state index in [4.69, 9.17) is 10.5 Å². The fourth-order valence-electron chi connectivity index (χ4n) is 3.62. The van der Waals surface area contributed by atoms with Gasteiger partial charge in [-0.05, 0) is 54.5 Å². The average molecular weight is 376 g/mol. The first-order valence-electron chi connectivity index (χ1n) is 9.52. The SMILES string of the molecule is COCc1ccccc1-c1ccc2c(N[C@H](C)C3CC3)c(C(N)=O)nnc2c1. The van der Waals surface area contributed by atoms with E-state index in [0.717, 1.165) is 27.6 Å². The number of nitrogens with zero attached hydrogens (tertiary/aromatic N) is 2. The Morgan fingerprint density at radius 2 is 2.04 bits per heavy atom. The summed E-state index contributed by atoms with van der Waals surface area (Å²) in [6, 6.07) is 14.4. The van der Waals surface area contributed by atoms with Crippen molar-refractivity contribution in [2.75, 3.05) is 12.4 Å². The van der Waals surface area contributed by atoms with E-state index in [-0.39, 0.29) is 11.7 Å². The number of anilines is 1. The molecule has 0 unspecified atom stereocenters. The van der Waals surface area contributed by atoms with E-state index < -0.39 is 5.91 Å². The zero-order valence-corrected chi connectivity index (χ0v) is 16.1. The highest BCUT2D eigenvalue weighted by Gasteiger charge is 2.29. The minimum absolute atomic E-state index is 0.188. The van der Waals surface area contributed by atoms with Crippen LogP contribution in [0.5, 0.6) is 0 Å². The highest BCUT2D eigenvalue weighted by molar-refractivity contribution is 6.05. The topological polar surface area (TPSA) is 90.1 Å². The monoisotopic (exact) mass is 376 g/mol. The van der Waals surface area contributed by atoms with Crippen LogP contribution in [-0.4, -0.2) is 29.3 Å². The highest BCUT2D eigenvalue weighted by atomic mass is 16.5. The minimum atomic E-state index is -0.575. The molecule has 6 nitrogen and oxygen atoms in total. The first kappa shape index (κ1) is 18.4. The highest BCUT2D eigenvalue weighted by Crippen LogP contribution is 2.36. The number of nitrogens with two attached hydrogens (primary N) is 1. The van der Waals surface area contributed by atoms with Crippen LogP contribution in [0.15, 0.2) is 42.5 Å². The summed E-state index contributed by atoms with van der Waals surface area (Å²) in [7, 11) is 1.69. The number of carbonyl (C=O) groups is 1. The van der Waals surface area contributed by atoms with Gasteiger partial charge in [0.2, 0.25) is 0 Å². The van der Waals surface area contributed by atoms with Crippen molar-refractivity contribution in [3.8, 4) is 11.1 Å². The molecule has 1 saturated carbocycles. The lowest BCUT2D eigenvalue weighted by Gasteiger charge is -2.18. The molecule has 0 spiro atoms. The first-order valence-corrected chi connectivity index (χ1v) is 9.52. The molecule has 0 radical (unpaired) electrons. The maximum Gasteiger partial charge on any atom is 0.271 e. The van der Waals surface area contributed by atoms with Crippen LogP contribution in [0.1, 0.15) is 35.8 Å². The van der Waals surface area contributed by atoms with E-state index in [1.54, 1.807) is 7.11 Å². The van der Waals surface area contributed by atoms with Gasteiger partial charge in [0, 0.05) is 18.5 Å². The van der Waals surface area contributed by atoms with Crippen molar-refractivity contribution in [1.82, 2.24) is 10.2 Å². The molecule has 0 aliphatic heterocycles. The Hall–Kier alpha value is -2.99. The molecule has 1 fully saturated rings. The molecule has 3 aromatic rings. The maximum atomic E-state index is 11.9. The predicted octanol–water partition coefficient (Wildman–Crippen LogP) is 3.75. The van der Waals surface area contributed by atoms with Gasteiger partial charge in [-0.2, -0.15) is 0 Å². The Kier molecular flexibility index (Phi) is 4.96. The number of hydrogen-bond acceptors (Lipinski definition) is 5. The van der Waals surface area contributed by atoms with Crippen molar-refractivity contribution in [3.05, 3.63) is 53.7 Å². The Morgan fingerprint density at radius 1 is 1.25 bits per heavy atom. The molecule has 3 N–H and O–H groups in total. The van der Waals surface area contributed by atoms with Crippen LogP contribution in [0.25, 0.3) is 22.0 Å². The van der Waals surface area contributed by atoms with E-state index in [2.05, 4.69) is 34.6 Å². The Labute approximate surface area is 164 Å². The van der Waals surface area contributed by atoms with E-state index >= 15 is 0 Å². The molecule has 6 heteroatoms. The fraction of sp³-hybridized carbons (Fsp3) is 0.318. The van der Waals surface area contributed by atoms with Crippen molar-refractivity contribution in [2.24, 2.45) is 11.7 Å². The lowest BCUT2D eigenvalue weighted by atomic mass is 9.98. The lowest BCUT2D eigenvalue weighted by Crippen LogP contribution is -2.23. The standard InChI is InChI=1S/C22H24N4O2/c1-13(14-7-8-14)24-20-18-10-9-15(11-19(18)25-26-21(20)22(23)27)17-6-4-3-5-16(17)12-28-2/h3-6,9-11,13-14H,7-8,12H2,1-2H3,(H2,23,27)(H,24,25)/t13-/m1/s1. The van der Waals surface area contributed by atoms with Gasteiger partial charge >= 0.3 is 0 Å². The summed E-state index contributed by atoms with van der Waals surface area (Å²) in [4.78, 5) is 11.9. The van der Waals surface area contributed by atoms with E-state index in [1.807, 2.05) is 30.3 Å². The number of ether oxygens (including phenoxy) is 1. The number of primary amides is 1. The van der Waals surface area contributed by atoms with Crippen molar-refractivity contribution in [1.29, 1.82) is 0 Å². The molecule has 1 amide bonds. The Balaban J connectivity index is 1.80. The third kappa shape index (κ3) is 3.55. The van der Waals surface area contributed by atoms with Crippen molar-refractivity contribution >= 4 is 22.5 Å². The first-order chi connectivity index (χ1) is 13.6. The molecule has 1 aliphatic carbocycles. The second kappa shape index (κ2) is 7.56. The summed E-state index contributed by atoms with van der Waals surface area (Å²) in [6.07, 6.45) is 2.41. The normalized spacial score (nSPS) is 14.8. The summed E-state index contributed by atoms with van der Waals surface area (Å²) < 4.78 is 5.32. The third-order valence-electron chi connectivity index (χ3n) is 5.32. The molecule has 0 bridgehead atoms. The van der Waals surface area contributed by atoms with Gasteiger partial charge in [0.1, 0.15) is 0 Å². The number of nitrogens with one attached hydrogen (secondary N) is 1. The number of hydrogen-bond donors (Lipinski definition) is 2. The van der Waals surface area contributed by atoms with Crippen LogP contribution in [0.2, 0.25) is 0 Å². The Morgan fingerprint density at radius 3 is 2.75 bits per heavy atom. The van der Waals surface area contributed by atoms with Crippen LogP contribution in [-0.2, 0) is 11.3 Å². The van der Waals surface area contributed by atoms with Gasteiger partial charge in [-0.15, -0.1) is 10.2 Å². The maximum absolute atomic E-state index is 11.9. The van der Waals surface area contributed by atoms with Crippen LogP contribution >= 0.6 is 0 Å².